The number of halogens is 1. The summed E-state index contributed by atoms with van der Waals surface area (Å²) in [7, 11) is 1.53. The minimum atomic E-state index is -0.384. The molecule has 2 amide bonds. The van der Waals surface area contributed by atoms with Crippen molar-refractivity contribution < 1.29 is 18.4 Å². The van der Waals surface area contributed by atoms with E-state index in [0.29, 0.717) is 39.5 Å². The van der Waals surface area contributed by atoms with E-state index in [4.69, 9.17) is 9.40 Å². The highest BCUT2D eigenvalue weighted by Crippen LogP contribution is 2.36. The fraction of sp³-hybridized carbons (Fsp3) is 0.161. The first-order valence-corrected chi connectivity index (χ1v) is 12.7. The highest BCUT2D eigenvalue weighted by atomic mass is 19.1. The lowest BCUT2D eigenvalue weighted by Crippen LogP contribution is -2.33. The van der Waals surface area contributed by atoms with E-state index in [0.717, 1.165) is 24.0 Å². The predicted octanol–water partition coefficient (Wildman–Crippen LogP) is 6.17. The smallest absolute Gasteiger partial charge is 0.259 e. The number of carbonyl (C=O) groups is 2. The molecule has 7 nitrogen and oxygen atoms in total. The summed E-state index contributed by atoms with van der Waals surface area (Å²) in [5.41, 5.74) is 4.47. The minimum absolute atomic E-state index is 0.119. The Morgan fingerprint density at radius 3 is 2.51 bits per heavy atom. The maximum Gasteiger partial charge on any atom is 0.259 e. The number of nitrogens with zero attached hydrogens (tertiary/aromatic N) is 3. The molecular formula is C31H25FN4O3. The van der Waals surface area contributed by atoms with E-state index in [1.807, 2.05) is 49.4 Å². The summed E-state index contributed by atoms with van der Waals surface area (Å²) in [4.78, 5) is 37.6. The van der Waals surface area contributed by atoms with E-state index in [1.54, 1.807) is 29.3 Å². The number of furan rings is 1. The van der Waals surface area contributed by atoms with E-state index in [2.05, 4.69) is 10.3 Å². The van der Waals surface area contributed by atoms with Gasteiger partial charge in [-0.05, 0) is 86.0 Å². The lowest BCUT2D eigenvalue weighted by Gasteiger charge is -2.22. The van der Waals surface area contributed by atoms with Crippen LogP contribution in [0, 0.1) is 12.7 Å². The van der Waals surface area contributed by atoms with Crippen LogP contribution in [0.5, 0.6) is 0 Å². The van der Waals surface area contributed by atoms with Crippen molar-refractivity contribution in [3.05, 3.63) is 102 Å². The number of hydrogen-bond donors (Lipinski definition) is 1. The molecule has 0 unspecified atom stereocenters. The fourth-order valence-electron chi connectivity index (χ4n) is 4.72. The van der Waals surface area contributed by atoms with Crippen molar-refractivity contribution in [3.8, 4) is 22.6 Å². The van der Waals surface area contributed by atoms with Crippen LogP contribution in [-0.2, 0) is 0 Å². The first-order valence-electron chi connectivity index (χ1n) is 12.7. The van der Waals surface area contributed by atoms with E-state index < -0.39 is 0 Å². The zero-order valence-corrected chi connectivity index (χ0v) is 21.4. The Labute approximate surface area is 224 Å². The molecule has 1 fully saturated rings. The molecule has 8 heteroatoms. The van der Waals surface area contributed by atoms with Gasteiger partial charge in [-0.3, -0.25) is 14.5 Å². The zero-order chi connectivity index (χ0) is 27.1. The van der Waals surface area contributed by atoms with E-state index in [1.165, 1.54) is 19.2 Å². The van der Waals surface area contributed by atoms with Gasteiger partial charge in [0.25, 0.3) is 11.8 Å². The van der Waals surface area contributed by atoms with Crippen molar-refractivity contribution in [3.63, 3.8) is 0 Å². The number of hydrogen-bond acceptors (Lipinski definition) is 5. The summed E-state index contributed by atoms with van der Waals surface area (Å²) in [5.74, 6) is 0.0731. The molecule has 1 N–H and O–H groups in total. The Kier molecular flexibility index (Phi) is 6.15. The minimum Gasteiger partial charge on any atom is -0.454 e. The molecular weight excluding hydrogens is 495 g/mol. The molecule has 0 spiro atoms. The lowest BCUT2D eigenvalue weighted by atomic mass is 10.0. The summed E-state index contributed by atoms with van der Waals surface area (Å²) in [5, 5.41) is 2.65. The van der Waals surface area contributed by atoms with Gasteiger partial charge in [-0.25, -0.2) is 14.4 Å². The summed E-state index contributed by atoms with van der Waals surface area (Å²) < 4.78 is 19.6. The number of fused-ring (bicyclic) bond motifs is 1. The second-order valence-electron chi connectivity index (χ2n) is 9.56. The van der Waals surface area contributed by atoms with Gasteiger partial charge in [-0.2, -0.15) is 0 Å². The molecule has 3 aromatic heterocycles. The molecule has 2 aromatic carbocycles. The monoisotopic (exact) mass is 520 g/mol. The first-order chi connectivity index (χ1) is 18.9. The molecule has 1 aliphatic rings. The van der Waals surface area contributed by atoms with Crippen LogP contribution in [0.3, 0.4) is 0 Å². The number of pyridine rings is 2. The van der Waals surface area contributed by atoms with Crippen molar-refractivity contribution in [2.75, 3.05) is 11.9 Å². The summed E-state index contributed by atoms with van der Waals surface area (Å²) in [6.07, 6.45) is 3.57. The number of aryl methyl sites for hydroxylation is 1. The van der Waals surface area contributed by atoms with Gasteiger partial charge in [0, 0.05) is 36.0 Å². The van der Waals surface area contributed by atoms with Crippen molar-refractivity contribution in [1.82, 2.24) is 15.3 Å². The number of carbonyl (C=O) groups excluding carboxylic acids is 2. The van der Waals surface area contributed by atoms with Crippen LogP contribution in [0.1, 0.15) is 39.1 Å². The van der Waals surface area contributed by atoms with Crippen LogP contribution in [0.25, 0.3) is 33.7 Å². The van der Waals surface area contributed by atoms with Crippen molar-refractivity contribution in [2.45, 2.75) is 25.8 Å². The molecule has 194 valence electrons. The largest absolute Gasteiger partial charge is 0.454 e. The first kappa shape index (κ1) is 24.5. The van der Waals surface area contributed by atoms with E-state index in [9.17, 15) is 14.0 Å². The third-order valence-corrected chi connectivity index (χ3v) is 6.88. The summed E-state index contributed by atoms with van der Waals surface area (Å²) in [6, 6.07) is 20.6. The molecule has 1 saturated carbocycles. The van der Waals surface area contributed by atoms with E-state index in [-0.39, 0.29) is 29.2 Å². The van der Waals surface area contributed by atoms with Gasteiger partial charge in [0.05, 0.1) is 5.69 Å². The highest BCUT2D eigenvalue weighted by molar-refractivity contribution is 6.10. The number of nitrogens with one attached hydrogen (secondary N) is 1. The van der Waals surface area contributed by atoms with Crippen LogP contribution in [-0.4, -0.2) is 34.9 Å². The van der Waals surface area contributed by atoms with Crippen molar-refractivity contribution in [2.24, 2.45) is 0 Å². The van der Waals surface area contributed by atoms with Gasteiger partial charge >= 0.3 is 0 Å². The van der Waals surface area contributed by atoms with E-state index >= 15 is 0 Å². The van der Waals surface area contributed by atoms with Crippen molar-refractivity contribution >= 4 is 28.7 Å². The number of amides is 2. The summed E-state index contributed by atoms with van der Waals surface area (Å²) in [6.45, 7) is 1.95. The highest BCUT2D eigenvalue weighted by Gasteiger charge is 2.35. The topological polar surface area (TPSA) is 88.3 Å². The fourth-order valence-corrected chi connectivity index (χ4v) is 4.72. The van der Waals surface area contributed by atoms with Crippen LogP contribution in [0.2, 0.25) is 0 Å². The second kappa shape index (κ2) is 9.79. The third kappa shape index (κ3) is 4.54. The molecule has 0 radical (unpaired) electrons. The number of aromatic nitrogens is 2. The number of benzene rings is 2. The predicted molar refractivity (Wildman–Crippen MR) is 147 cm³/mol. The molecule has 1 aliphatic carbocycles. The molecule has 3 heterocycles. The third-order valence-electron chi connectivity index (χ3n) is 6.88. The quantitative estimate of drug-likeness (QED) is 0.289. The molecule has 39 heavy (non-hydrogen) atoms. The molecule has 0 saturated heterocycles. The lowest BCUT2D eigenvalue weighted by molar-refractivity contribution is 0.0961. The van der Waals surface area contributed by atoms with Gasteiger partial charge < -0.3 is 9.73 Å². The average molecular weight is 521 g/mol. The zero-order valence-electron chi connectivity index (χ0n) is 21.4. The Bertz CT molecular complexity index is 1710. The molecule has 6 rings (SSSR count). The Hall–Kier alpha value is -4.85. The van der Waals surface area contributed by atoms with Gasteiger partial charge in [0.1, 0.15) is 28.5 Å². The van der Waals surface area contributed by atoms with Crippen LogP contribution in [0.15, 0.2) is 83.4 Å². The van der Waals surface area contributed by atoms with Crippen LogP contribution in [0.4, 0.5) is 10.2 Å². The normalized spacial score (nSPS) is 12.9. The standard InChI is InChI=1S/C31H25FN4O3/c1-18-6-7-20(31(38)36(22-12-13-22)26-5-3-4-16-34-26)17-23(18)24-14-15-25-28(35-24)27(30(37)33-2)29(39-25)19-8-10-21(32)11-9-19/h3-11,14-17,22H,12-13H2,1-2H3,(H,33,37). The summed E-state index contributed by atoms with van der Waals surface area (Å²) >= 11 is 0. The van der Waals surface area contributed by atoms with Gasteiger partial charge in [-0.1, -0.05) is 12.1 Å². The molecule has 0 bridgehead atoms. The molecule has 0 atom stereocenters. The second-order valence-corrected chi connectivity index (χ2v) is 9.56. The van der Waals surface area contributed by atoms with Gasteiger partial charge in [-0.15, -0.1) is 0 Å². The number of anilines is 1. The van der Waals surface area contributed by atoms with Crippen molar-refractivity contribution in [1.29, 1.82) is 0 Å². The Morgan fingerprint density at radius 1 is 1.03 bits per heavy atom. The molecule has 0 aliphatic heterocycles. The maximum atomic E-state index is 13.7. The average Bonchev–Trinajstić information content (AvgIpc) is 3.72. The van der Waals surface area contributed by atoms with Crippen LogP contribution >= 0.6 is 0 Å². The van der Waals surface area contributed by atoms with Gasteiger partial charge in [0.15, 0.2) is 5.58 Å². The molecule has 5 aromatic rings. The Balaban J connectivity index is 1.44. The van der Waals surface area contributed by atoms with Crippen LogP contribution < -0.4 is 10.2 Å². The SMILES string of the molecule is CNC(=O)c1c(-c2ccc(F)cc2)oc2ccc(-c3cc(C(=O)N(c4ccccn4)C4CC4)ccc3C)nc12. The van der Waals surface area contributed by atoms with Gasteiger partial charge in [0.2, 0.25) is 0 Å². The number of rotatable bonds is 6. The Morgan fingerprint density at radius 2 is 1.82 bits per heavy atom. The maximum absolute atomic E-state index is 13.7.